The van der Waals surface area contributed by atoms with E-state index in [4.69, 9.17) is 4.74 Å². The highest BCUT2D eigenvalue weighted by Gasteiger charge is 2.03. The zero-order valence-corrected chi connectivity index (χ0v) is 14.0. The summed E-state index contributed by atoms with van der Waals surface area (Å²) >= 11 is 3.42. The molecule has 0 heterocycles. The van der Waals surface area contributed by atoms with Crippen molar-refractivity contribution in [3.63, 3.8) is 0 Å². The molecule has 5 heteroatoms. The van der Waals surface area contributed by atoms with E-state index in [0.29, 0.717) is 13.2 Å². The lowest BCUT2D eigenvalue weighted by Gasteiger charge is -2.11. The van der Waals surface area contributed by atoms with Crippen molar-refractivity contribution in [1.82, 2.24) is 5.32 Å². The molecule has 0 aromatic heterocycles. The van der Waals surface area contributed by atoms with E-state index in [-0.39, 0.29) is 12.5 Å². The van der Waals surface area contributed by atoms with Crippen LogP contribution in [0.5, 0.6) is 5.75 Å². The van der Waals surface area contributed by atoms with Gasteiger partial charge < -0.3 is 15.4 Å². The van der Waals surface area contributed by atoms with Gasteiger partial charge in [0.05, 0.1) is 13.1 Å². The molecule has 0 atom stereocenters. The van der Waals surface area contributed by atoms with E-state index in [1.165, 1.54) is 0 Å². The number of amides is 1. The average Bonchev–Trinajstić information content (AvgIpc) is 2.52. The number of ether oxygens (including phenoxy) is 1. The number of hydrogen-bond acceptors (Lipinski definition) is 3. The van der Waals surface area contributed by atoms with Crippen LogP contribution in [-0.2, 0) is 4.79 Å². The summed E-state index contributed by atoms with van der Waals surface area (Å²) in [6.45, 7) is 3.17. The van der Waals surface area contributed by atoms with E-state index in [1.54, 1.807) is 0 Å². The second-order valence-corrected chi connectivity index (χ2v) is 5.74. The van der Waals surface area contributed by atoms with Gasteiger partial charge in [0.2, 0.25) is 5.91 Å². The first-order valence-corrected chi connectivity index (χ1v) is 7.89. The second kappa shape index (κ2) is 8.44. The first kappa shape index (κ1) is 16.4. The van der Waals surface area contributed by atoms with E-state index in [1.807, 2.05) is 55.5 Å². The summed E-state index contributed by atoms with van der Waals surface area (Å²) in [6, 6.07) is 15.4. The molecular formula is C17H19BrN2O2. The van der Waals surface area contributed by atoms with Gasteiger partial charge in [0.25, 0.3) is 0 Å². The number of hydrogen-bond donors (Lipinski definition) is 2. The van der Waals surface area contributed by atoms with Crippen molar-refractivity contribution in [3.8, 4) is 5.75 Å². The van der Waals surface area contributed by atoms with Crippen molar-refractivity contribution in [2.75, 3.05) is 25.0 Å². The second-order valence-electron chi connectivity index (χ2n) is 4.82. The summed E-state index contributed by atoms with van der Waals surface area (Å²) in [6.07, 6.45) is 0. The van der Waals surface area contributed by atoms with Crippen molar-refractivity contribution in [1.29, 1.82) is 0 Å². The monoisotopic (exact) mass is 362 g/mol. The van der Waals surface area contributed by atoms with Crippen LogP contribution in [-0.4, -0.2) is 25.6 Å². The van der Waals surface area contributed by atoms with Crippen LogP contribution in [0.2, 0.25) is 0 Å². The highest BCUT2D eigenvalue weighted by Crippen LogP contribution is 2.19. The molecule has 0 unspecified atom stereocenters. The Bertz CT molecular complexity index is 617. The van der Waals surface area contributed by atoms with Gasteiger partial charge >= 0.3 is 0 Å². The molecular weight excluding hydrogens is 344 g/mol. The van der Waals surface area contributed by atoms with Crippen molar-refractivity contribution in [2.24, 2.45) is 0 Å². The SMILES string of the molecule is Cc1cc(Br)ccc1NCC(=O)NCCOc1ccccc1. The molecule has 0 saturated carbocycles. The smallest absolute Gasteiger partial charge is 0.239 e. The normalized spacial score (nSPS) is 10.1. The van der Waals surface area contributed by atoms with Gasteiger partial charge in [-0.2, -0.15) is 0 Å². The lowest BCUT2D eigenvalue weighted by atomic mass is 10.2. The largest absolute Gasteiger partial charge is 0.492 e. The number of carbonyl (C=O) groups is 1. The molecule has 0 spiro atoms. The zero-order valence-electron chi connectivity index (χ0n) is 12.4. The van der Waals surface area contributed by atoms with Crippen LogP contribution < -0.4 is 15.4 Å². The van der Waals surface area contributed by atoms with Gasteiger partial charge in [0, 0.05) is 10.2 Å². The molecule has 2 rings (SSSR count). The minimum absolute atomic E-state index is 0.0565. The Balaban J connectivity index is 1.65. The Hall–Kier alpha value is -2.01. The molecule has 2 aromatic carbocycles. The van der Waals surface area contributed by atoms with Crippen molar-refractivity contribution < 1.29 is 9.53 Å². The number of rotatable bonds is 7. The summed E-state index contributed by atoms with van der Waals surface area (Å²) in [7, 11) is 0. The van der Waals surface area contributed by atoms with Gasteiger partial charge in [0.15, 0.2) is 0 Å². The first-order valence-electron chi connectivity index (χ1n) is 7.10. The minimum Gasteiger partial charge on any atom is -0.492 e. The number of aryl methyl sites for hydroxylation is 1. The van der Waals surface area contributed by atoms with E-state index in [2.05, 4.69) is 26.6 Å². The molecule has 0 aliphatic heterocycles. The molecule has 0 aliphatic carbocycles. The van der Waals surface area contributed by atoms with Crippen LogP contribution in [0.1, 0.15) is 5.56 Å². The highest BCUT2D eigenvalue weighted by atomic mass is 79.9. The van der Waals surface area contributed by atoms with Crippen molar-refractivity contribution >= 4 is 27.5 Å². The average molecular weight is 363 g/mol. The summed E-state index contributed by atoms with van der Waals surface area (Å²) in [5.74, 6) is 0.749. The van der Waals surface area contributed by atoms with Gasteiger partial charge in [0.1, 0.15) is 12.4 Å². The number of carbonyl (C=O) groups excluding carboxylic acids is 1. The molecule has 0 radical (unpaired) electrons. The molecule has 0 fully saturated rings. The van der Waals surface area contributed by atoms with E-state index in [0.717, 1.165) is 21.5 Å². The van der Waals surface area contributed by atoms with E-state index < -0.39 is 0 Å². The third-order valence-electron chi connectivity index (χ3n) is 3.06. The maximum Gasteiger partial charge on any atom is 0.239 e. The van der Waals surface area contributed by atoms with Crippen molar-refractivity contribution in [3.05, 3.63) is 58.6 Å². The van der Waals surface area contributed by atoms with Crippen LogP contribution in [0.3, 0.4) is 0 Å². The first-order chi connectivity index (χ1) is 10.6. The molecule has 0 saturated heterocycles. The van der Waals surface area contributed by atoms with E-state index >= 15 is 0 Å². The topological polar surface area (TPSA) is 50.4 Å². The minimum atomic E-state index is -0.0565. The number of halogens is 1. The van der Waals surface area contributed by atoms with Crippen LogP contribution in [0.15, 0.2) is 53.0 Å². The van der Waals surface area contributed by atoms with Crippen molar-refractivity contribution in [2.45, 2.75) is 6.92 Å². The summed E-state index contributed by atoms with van der Waals surface area (Å²) in [4.78, 5) is 11.8. The maximum absolute atomic E-state index is 11.8. The fourth-order valence-corrected chi connectivity index (χ4v) is 2.42. The van der Waals surface area contributed by atoms with Crippen LogP contribution in [0.4, 0.5) is 5.69 Å². The molecule has 2 N–H and O–H groups in total. The molecule has 1 amide bonds. The molecule has 0 bridgehead atoms. The summed E-state index contributed by atoms with van der Waals surface area (Å²) in [5.41, 5.74) is 2.05. The Morgan fingerprint density at radius 3 is 2.68 bits per heavy atom. The maximum atomic E-state index is 11.8. The number of anilines is 1. The zero-order chi connectivity index (χ0) is 15.8. The van der Waals surface area contributed by atoms with Gasteiger partial charge in [-0.05, 0) is 42.8 Å². The van der Waals surface area contributed by atoms with Gasteiger partial charge in [-0.25, -0.2) is 0 Å². The fourth-order valence-electron chi connectivity index (χ4n) is 1.94. The Morgan fingerprint density at radius 2 is 1.95 bits per heavy atom. The number of para-hydroxylation sites is 1. The molecule has 4 nitrogen and oxygen atoms in total. The Kier molecular flexibility index (Phi) is 6.27. The summed E-state index contributed by atoms with van der Waals surface area (Å²) in [5, 5.41) is 5.94. The number of benzene rings is 2. The predicted octanol–water partition coefficient (Wildman–Crippen LogP) is 3.36. The molecule has 22 heavy (non-hydrogen) atoms. The van der Waals surface area contributed by atoms with Crippen LogP contribution in [0.25, 0.3) is 0 Å². The van der Waals surface area contributed by atoms with E-state index in [9.17, 15) is 4.79 Å². The Morgan fingerprint density at radius 1 is 1.18 bits per heavy atom. The molecule has 2 aromatic rings. The lowest BCUT2D eigenvalue weighted by Crippen LogP contribution is -2.33. The fraction of sp³-hybridized carbons (Fsp3) is 0.235. The number of nitrogens with one attached hydrogen (secondary N) is 2. The van der Waals surface area contributed by atoms with Gasteiger partial charge in [-0.15, -0.1) is 0 Å². The van der Waals surface area contributed by atoms with Gasteiger partial charge in [-0.3, -0.25) is 4.79 Å². The predicted molar refractivity (Wildman–Crippen MR) is 92.3 cm³/mol. The molecule has 116 valence electrons. The molecule has 0 aliphatic rings. The van der Waals surface area contributed by atoms with Crippen LogP contribution in [0, 0.1) is 6.92 Å². The quantitative estimate of drug-likeness (QED) is 0.742. The van der Waals surface area contributed by atoms with Gasteiger partial charge in [-0.1, -0.05) is 34.1 Å². The van der Waals surface area contributed by atoms with Crippen LogP contribution >= 0.6 is 15.9 Å². The lowest BCUT2D eigenvalue weighted by molar-refractivity contribution is -0.119. The standard InChI is InChI=1S/C17H19BrN2O2/c1-13-11-14(18)7-8-16(13)20-12-17(21)19-9-10-22-15-5-3-2-4-6-15/h2-8,11,20H,9-10,12H2,1H3,(H,19,21). The Labute approximate surface area is 139 Å². The summed E-state index contributed by atoms with van der Waals surface area (Å²) < 4.78 is 6.54. The third kappa shape index (κ3) is 5.41. The third-order valence-corrected chi connectivity index (χ3v) is 3.56. The highest BCUT2D eigenvalue weighted by molar-refractivity contribution is 9.10.